The van der Waals surface area contributed by atoms with Crippen molar-refractivity contribution < 1.29 is 19.1 Å². The number of nitrogens with one attached hydrogen (secondary N) is 2. The van der Waals surface area contributed by atoms with Crippen LogP contribution in [0.1, 0.15) is 33.9 Å². The number of carbonyl (C=O) groups excluding carboxylic acids is 2. The Bertz CT molecular complexity index is 683. The third-order valence-electron chi connectivity index (χ3n) is 2.82. The lowest BCUT2D eigenvalue weighted by molar-refractivity contribution is 0.0848. The minimum Gasteiger partial charge on any atom is -0.493 e. The molecule has 2 N–H and O–H groups in total. The number of methoxy groups -OCH3 is 1. The number of rotatable bonds is 5. The summed E-state index contributed by atoms with van der Waals surface area (Å²) >= 11 is 1.29. The molecule has 7 heteroatoms. The van der Waals surface area contributed by atoms with Crippen molar-refractivity contribution in [2.45, 2.75) is 20.0 Å². The molecule has 0 aliphatic heterocycles. The predicted molar refractivity (Wildman–Crippen MR) is 88.0 cm³/mol. The van der Waals surface area contributed by atoms with E-state index in [1.165, 1.54) is 18.4 Å². The third-order valence-corrected chi connectivity index (χ3v) is 3.69. The highest BCUT2D eigenvalue weighted by Gasteiger charge is 2.13. The molecular weight excluding hydrogens is 316 g/mol. The molecule has 0 atom stereocenters. The topological polar surface area (TPSA) is 76.7 Å². The van der Waals surface area contributed by atoms with Crippen molar-refractivity contribution >= 4 is 23.2 Å². The van der Waals surface area contributed by atoms with Gasteiger partial charge in [-0.25, -0.2) is 0 Å². The summed E-state index contributed by atoms with van der Waals surface area (Å²) in [6.07, 6.45) is -0.00587. The van der Waals surface area contributed by atoms with Gasteiger partial charge in [0.1, 0.15) is 0 Å². The molecule has 2 amide bonds. The molecule has 0 radical (unpaired) electrons. The second-order valence-corrected chi connectivity index (χ2v) is 5.87. The van der Waals surface area contributed by atoms with Gasteiger partial charge in [-0.1, -0.05) is 6.07 Å². The van der Waals surface area contributed by atoms with Crippen LogP contribution in [0.25, 0.3) is 0 Å². The fourth-order valence-corrected chi connectivity index (χ4v) is 2.43. The molecule has 1 heterocycles. The van der Waals surface area contributed by atoms with Gasteiger partial charge in [-0.3, -0.25) is 20.4 Å². The van der Waals surface area contributed by atoms with Crippen LogP contribution >= 0.6 is 11.3 Å². The van der Waals surface area contributed by atoms with Crippen LogP contribution in [0.15, 0.2) is 35.7 Å². The number of hydrogen-bond donors (Lipinski definition) is 2. The molecule has 6 nitrogen and oxygen atoms in total. The maximum atomic E-state index is 12.1. The van der Waals surface area contributed by atoms with E-state index in [-0.39, 0.29) is 12.0 Å². The van der Waals surface area contributed by atoms with Crippen molar-refractivity contribution in [3.05, 3.63) is 46.2 Å². The van der Waals surface area contributed by atoms with Crippen LogP contribution in [-0.4, -0.2) is 25.0 Å². The fourth-order valence-electron chi connectivity index (χ4n) is 1.82. The maximum Gasteiger partial charge on any atom is 0.279 e. The lowest BCUT2D eigenvalue weighted by Gasteiger charge is -2.14. The Hall–Kier alpha value is -2.54. The second kappa shape index (κ2) is 7.64. The molecule has 0 unspecified atom stereocenters. The normalized spacial score (nSPS) is 10.3. The van der Waals surface area contributed by atoms with Crippen molar-refractivity contribution in [3.63, 3.8) is 0 Å². The van der Waals surface area contributed by atoms with Gasteiger partial charge < -0.3 is 9.47 Å². The lowest BCUT2D eigenvalue weighted by Crippen LogP contribution is -2.41. The fraction of sp³-hybridized carbons (Fsp3) is 0.250. The minimum atomic E-state index is -0.440. The summed E-state index contributed by atoms with van der Waals surface area (Å²) in [6.45, 7) is 3.81. The number of hydrogen-bond acceptors (Lipinski definition) is 5. The first-order chi connectivity index (χ1) is 11.0. The largest absolute Gasteiger partial charge is 0.493 e. The average molecular weight is 334 g/mol. The second-order valence-electron chi connectivity index (χ2n) is 4.92. The number of carbonyl (C=O) groups is 2. The molecule has 122 valence electrons. The van der Waals surface area contributed by atoms with E-state index in [4.69, 9.17) is 9.47 Å². The Balaban J connectivity index is 2.03. The minimum absolute atomic E-state index is 0.00587. The van der Waals surface area contributed by atoms with Crippen LogP contribution in [0.5, 0.6) is 11.5 Å². The summed E-state index contributed by atoms with van der Waals surface area (Å²) in [4.78, 5) is 24.4. The van der Waals surface area contributed by atoms with Crippen LogP contribution < -0.4 is 20.3 Å². The Morgan fingerprint density at radius 3 is 2.43 bits per heavy atom. The number of hydrazine groups is 1. The Morgan fingerprint density at radius 1 is 1.09 bits per heavy atom. The van der Waals surface area contributed by atoms with E-state index in [1.54, 1.807) is 35.7 Å². The van der Waals surface area contributed by atoms with Gasteiger partial charge in [-0.15, -0.1) is 11.3 Å². The van der Waals surface area contributed by atoms with E-state index in [0.717, 1.165) is 0 Å². The van der Waals surface area contributed by atoms with Crippen molar-refractivity contribution in [1.82, 2.24) is 10.9 Å². The van der Waals surface area contributed by atoms with E-state index < -0.39 is 5.91 Å². The first-order valence-electron chi connectivity index (χ1n) is 7.00. The van der Waals surface area contributed by atoms with Crippen molar-refractivity contribution in [1.29, 1.82) is 0 Å². The Kier molecular flexibility index (Phi) is 5.59. The van der Waals surface area contributed by atoms with Gasteiger partial charge in [0.05, 0.1) is 18.1 Å². The molecule has 1 aromatic carbocycles. The van der Waals surface area contributed by atoms with Crippen LogP contribution in [0.2, 0.25) is 0 Å². The van der Waals surface area contributed by atoms with E-state index in [1.807, 2.05) is 13.8 Å². The number of amides is 2. The van der Waals surface area contributed by atoms with Gasteiger partial charge in [-0.2, -0.15) is 0 Å². The zero-order valence-corrected chi connectivity index (χ0v) is 13.9. The first kappa shape index (κ1) is 16.8. The SMILES string of the molecule is COc1cc(C(=O)NNC(=O)c2cccs2)ccc1OC(C)C. The Labute approximate surface area is 138 Å². The van der Waals surface area contributed by atoms with E-state index in [0.29, 0.717) is 21.9 Å². The number of ether oxygens (including phenoxy) is 2. The molecular formula is C16H18N2O4S. The highest BCUT2D eigenvalue weighted by atomic mass is 32.1. The molecule has 0 bridgehead atoms. The standard InChI is InChI=1S/C16H18N2O4S/c1-10(2)22-12-7-6-11(9-13(12)21-3)15(19)17-18-16(20)14-5-4-8-23-14/h4-10H,1-3H3,(H,17,19)(H,18,20). The van der Waals surface area contributed by atoms with Gasteiger partial charge in [0.25, 0.3) is 11.8 Å². The average Bonchev–Trinajstić information content (AvgIpc) is 3.06. The number of thiophene rings is 1. The van der Waals surface area contributed by atoms with Crippen molar-refractivity contribution in [2.24, 2.45) is 0 Å². The van der Waals surface area contributed by atoms with Crippen LogP contribution in [0.4, 0.5) is 0 Å². The Morgan fingerprint density at radius 2 is 1.83 bits per heavy atom. The van der Waals surface area contributed by atoms with Gasteiger partial charge in [0.15, 0.2) is 11.5 Å². The van der Waals surface area contributed by atoms with Crippen molar-refractivity contribution in [3.8, 4) is 11.5 Å². The molecule has 1 aromatic heterocycles. The molecule has 0 aliphatic rings. The molecule has 0 aliphatic carbocycles. The van der Waals surface area contributed by atoms with E-state index in [2.05, 4.69) is 10.9 Å². The van der Waals surface area contributed by atoms with Crippen LogP contribution in [0.3, 0.4) is 0 Å². The number of benzene rings is 1. The van der Waals surface area contributed by atoms with Crippen molar-refractivity contribution in [2.75, 3.05) is 7.11 Å². The third kappa shape index (κ3) is 4.46. The molecule has 0 spiro atoms. The zero-order valence-electron chi connectivity index (χ0n) is 13.1. The summed E-state index contributed by atoms with van der Waals surface area (Å²) in [5.41, 5.74) is 5.09. The van der Waals surface area contributed by atoms with Gasteiger partial charge in [-0.05, 0) is 43.5 Å². The molecule has 0 fully saturated rings. The van der Waals surface area contributed by atoms with Gasteiger partial charge in [0.2, 0.25) is 0 Å². The molecule has 0 saturated carbocycles. The van der Waals surface area contributed by atoms with Crippen LogP contribution in [-0.2, 0) is 0 Å². The molecule has 2 rings (SSSR count). The lowest BCUT2D eigenvalue weighted by atomic mass is 10.2. The highest BCUT2D eigenvalue weighted by molar-refractivity contribution is 7.12. The summed E-state index contributed by atoms with van der Waals surface area (Å²) in [6, 6.07) is 8.26. The van der Waals surface area contributed by atoms with E-state index >= 15 is 0 Å². The van der Waals surface area contributed by atoms with E-state index in [9.17, 15) is 9.59 Å². The quantitative estimate of drug-likeness (QED) is 0.824. The summed E-state index contributed by atoms with van der Waals surface area (Å²) in [5.74, 6) is 0.210. The summed E-state index contributed by atoms with van der Waals surface area (Å²) in [7, 11) is 1.50. The maximum absolute atomic E-state index is 12.1. The smallest absolute Gasteiger partial charge is 0.279 e. The van der Waals surface area contributed by atoms with Gasteiger partial charge >= 0.3 is 0 Å². The first-order valence-corrected chi connectivity index (χ1v) is 7.88. The monoisotopic (exact) mass is 334 g/mol. The predicted octanol–water partition coefficient (Wildman–Crippen LogP) is 2.62. The molecule has 2 aromatic rings. The highest BCUT2D eigenvalue weighted by Crippen LogP contribution is 2.28. The van der Waals surface area contributed by atoms with Gasteiger partial charge in [0, 0.05) is 5.56 Å². The zero-order chi connectivity index (χ0) is 16.8. The molecule has 0 saturated heterocycles. The summed E-state index contributed by atoms with van der Waals surface area (Å²) in [5, 5.41) is 1.79. The summed E-state index contributed by atoms with van der Waals surface area (Å²) < 4.78 is 10.8. The van der Waals surface area contributed by atoms with Crippen LogP contribution in [0, 0.1) is 0 Å². The molecule has 23 heavy (non-hydrogen) atoms.